The third kappa shape index (κ3) is 6.30. The number of unbranched alkanes of at least 4 members (excludes halogenated alkanes) is 2. The Morgan fingerprint density at radius 3 is 2.59 bits per heavy atom. The second-order valence-corrected chi connectivity index (χ2v) is 9.65. The lowest BCUT2D eigenvalue weighted by Gasteiger charge is -2.20. The molecule has 3 aromatic rings. The number of urea groups is 1. The quantitative estimate of drug-likeness (QED) is 0.174. The highest BCUT2D eigenvalue weighted by atomic mass is 35.5. The number of alkyl halides is 3. The summed E-state index contributed by atoms with van der Waals surface area (Å²) in [4.78, 5) is 27.0. The molecule has 1 N–H and O–H groups in total. The number of fused-ring (bicyclic) bond motifs is 1. The van der Waals surface area contributed by atoms with Crippen LogP contribution in [0.2, 0.25) is 5.02 Å². The van der Waals surface area contributed by atoms with Crippen molar-refractivity contribution in [2.24, 2.45) is 0 Å². The predicted octanol–water partition coefficient (Wildman–Crippen LogP) is 6.37. The van der Waals surface area contributed by atoms with Crippen molar-refractivity contribution in [1.29, 1.82) is 0 Å². The van der Waals surface area contributed by atoms with E-state index >= 15 is 0 Å². The summed E-state index contributed by atoms with van der Waals surface area (Å²) in [5.74, 6) is -0.315. The number of hydrogen-bond donors (Lipinski definition) is 1. The number of hydrogen-bond acceptors (Lipinski definition) is 5. The van der Waals surface area contributed by atoms with Crippen LogP contribution >= 0.6 is 11.6 Å². The molecule has 1 fully saturated rings. The van der Waals surface area contributed by atoms with Crippen LogP contribution in [0.4, 0.5) is 28.0 Å². The van der Waals surface area contributed by atoms with Crippen LogP contribution < -0.4 is 15.3 Å². The Morgan fingerprint density at radius 2 is 1.90 bits per heavy atom. The van der Waals surface area contributed by atoms with E-state index in [1.165, 1.54) is 29.2 Å². The van der Waals surface area contributed by atoms with E-state index < -0.39 is 35.4 Å². The SMILES string of the molecule is CCCc1c(OCCCCCN2C(=O)N(c3ccc(Cl)cc3F)CC2O)ccc2c(C(F)(F)F)cc(=O)oc12. The van der Waals surface area contributed by atoms with Crippen molar-refractivity contribution < 1.29 is 36.6 Å². The zero-order valence-corrected chi connectivity index (χ0v) is 21.8. The first-order valence-corrected chi connectivity index (χ1v) is 12.9. The van der Waals surface area contributed by atoms with Crippen molar-refractivity contribution in [3.8, 4) is 5.75 Å². The zero-order chi connectivity index (χ0) is 28.3. The molecule has 0 saturated carbocycles. The van der Waals surface area contributed by atoms with Gasteiger partial charge in [-0.05, 0) is 56.0 Å². The van der Waals surface area contributed by atoms with Crippen LogP contribution in [0, 0.1) is 5.82 Å². The number of aliphatic hydroxyl groups excluding tert-OH is 1. The largest absolute Gasteiger partial charge is 0.493 e. The Morgan fingerprint density at radius 1 is 1.13 bits per heavy atom. The van der Waals surface area contributed by atoms with Gasteiger partial charge in [0.05, 0.1) is 24.4 Å². The van der Waals surface area contributed by atoms with Gasteiger partial charge >= 0.3 is 17.8 Å². The minimum Gasteiger partial charge on any atom is -0.493 e. The van der Waals surface area contributed by atoms with E-state index in [2.05, 4.69) is 0 Å². The number of aryl methyl sites for hydroxylation is 1. The van der Waals surface area contributed by atoms with Crippen molar-refractivity contribution in [1.82, 2.24) is 4.90 Å². The molecule has 2 amide bonds. The van der Waals surface area contributed by atoms with Crippen LogP contribution in [0.5, 0.6) is 5.75 Å². The number of β-amino-alcohol motifs (C(OH)–C–C–N with tert-alkyl or cyclic N) is 1. The van der Waals surface area contributed by atoms with Gasteiger partial charge in [-0.15, -0.1) is 0 Å². The molecule has 1 aliphatic heterocycles. The standard InChI is InChI=1S/C27H27ClF4N2O5/c1-2-6-18-22(10-8-17-19(27(30,31)32)14-24(36)39-25(17)18)38-12-5-3-4-11-33-23(35)15-34(26(33)37)21-9-7-16(28)13-20(21)29/h7-10,13-14,23,35H,2-6,11-12,15H2,1H3. The van der Waals surface area contributed by atoms with Crippen molar-refractivity contribution in [3.63, 3.8) is 0 Å². The van der Waals surface area contributed by atoms with Gasteiger partial charge in [0.25, 0.3) is 0 Å². The van der Waals surface area contributed by atoms with Gasteiger partial charge in [0.1, 0.15) is 23.4 Å². The lowest BCUT2D eigenvalue weighted by Crippen LogP contribution is -2.35. The fraction of sp³-hybridized carbons (Fsp3) is 0.407. The summed E-state index contributed by atoms with van der Waals surface area (Å²) in [6.07, 6.45) is -3.12. The van der Waals surface area contributed by atoms with Crippen LogP contribution in [0.25, 0.3) is 11.0 Å². The van der Waals surface area contributed by atoms with Crippen LogP contribution in [0.15, 0.2) is 45.6 Å². The Bertz CT molecular complexity index is 1410. The minimum atomic E-state index is -4.70. The first-order chi connectivity index (χ1) is 18.5. The molecule has 210 valence electrons. The van der Waals surface area contributed by atoms with E-state index in [0.29, 0.717) is 49.5 Å². The van der Waals surface area contributed by atoms with Gasteiger partial charge in [0.15, 0.2) is 0 Å². The van der Waals surface area contributed by atoms with E-state index in [1.807, 2.05) is 6.92 Å². The van der Waals surface area contributed by atoms with Crippen LogP contribution in [0.3, 0.4) is 0 Å². The normalized spacial score (nSPS) is 16.0. The Hall–Kier alpha value is -3.31. The van der Waals surface area contributed by atoms with Gasteiger partial charge < -0.3 is 14.3 Å². The molecule has 0 spiro atoms. The molecular weight excluding hydrogens is 544 g/mol. The summed E-state index contributed by atoms with van der Waals surface area (Å²) in [5, 5.41) is 10.3. The molecule has 4 rings (SSSR count). The molecule has 0 radical (unpaired) electrons. The summed E-state index contributed by atoms with van der Waals surface area (Å²) in [6.45, 7) is 2.26. The topological polar surface area (TPSA) is 83.2 Å². The van der Waals surface area contributed by atoms with E-state index in [-0.39, 0.29) is 41.4 Å². The maximum absolute atomic E-state index is 14.3. The molecule has 1 unspecified atom stereocenters. The Kier molecular flexibility index (Phi) is 8.70. The lowest BCUT2D eigenvalue weighted by molar-refractivity contribution is -0.136. The highest BCUT2D eigenvalue weighted by Crippen LogP contribution is 2.37. The summed E-state index contributed by atoms with van der Waals surface area (Å²) in [7, 11) is 0. The molecule has 0 aliphatic carbocycles. The number of anilines is 1. The lowest BCUT2D eigenvalue weighted by atomic mass is 10.0. The molecular formula is C27H27ClF4N2O5. The number of ether oxygens (including phenoxy) is 1. The average molecular weight is 571 g/mol. The monoisotopic (exact) mass is 570 g/mol. The minimum absolute atomic E-state index is 0.0378. The zero-order valence-electron chi connectivity index (χ0n) is 21.1. The first-order valence-electron chi connectivity index (χ1n) is 12.5. The fourth-order valence-corrected chi connectivity index (χ4v) is 4.79. The second kappa shape index (κ2) is 11.8. The molecule has 7 nitrogen and oxygen atoms in total. The molecule has 1 atom stereocenters. The molecule has 1 aromatic heterocycles. The average Bonchev–Trinajstić information content (AvgIpc) is 3.14. The Balaban J connectivity index is 1.35. The summed E-state index contributed by atoms with van der Waals surface area (Å²) >= 11 is 5.77. The number of carbonyl (C=O) groups is 1. The maximum atomic E-state index is 14.3. The number of amides is 2. The van der Waals surface area contributed by atoms with Crippen molar-refractivity contribution in [2.75, 3.05) is 24.6 Å². The molecule has 12 heteroatoms. The number of benzene rings is 2. The van der Waals surface area contributed by atoms with Gasteiger partial charge in [-0.1, -0.05) is 24.9 Å². The molecule has 1 saturated heterocycles. The van der Waals surface area contributed by atoms with Gasteiger partial charge in [-0.25, -0.2) is 14.0 Å². The second-order valence-electron chi connectivity index (χ2n) is 9.22. The van der Waals surface area contributed by atoms with Crippen LogP contribution in [-0.4, -0.2) is 42.0 Å². The van der Waals surface area contributed by atoms with Gasteiger partial charge in [0.2, 0.25) is 0 Å². The summed E-state index contributed by atoms with van der Waals surface area (Å²) in [6, 6.07) is 6.58. The third-order valence-electron chi connectivity index (χ3n) is 6.46. The van der Waals surface area contributed by atoms with Crippen molar-refractivity contribution in [3.05, 3.63) is 68.8 Å². The number of aliphatic hydroxyl groups is 1. The highest BCUT2D eigenvalue weighted by Gasteiger charge is 2.37. The summed E-state index contributed by atoms with van der Waals surface area (Å²) < 4.78 is 65.6. The summed E-state index contributed by atoms with van der Waals surface area (Å²) in [5.41, 5.74) is -1.82. The van der Waals surface area contributed by atoms with Gasteiger partial charge in [0, 0.05) is 28.6 Å². The predicted molar refractivity (Wildman–Crippen MR) is 138 cm³/mol. The van der Waals surface area contributed by atoms with Crippen molar-refractivity contribution >= 4 is 34.3 Å². The van der Waals surface area contributed by atoms with Gasteiger partial charge in [-0.3, -0.25) is 9.80 Å². The number of carbonyl (C=O) groups excluding carboxylic acids is 1. The van der Waals surface area contributed by atoms with Gasteiger partial charge in [-0.2, -0.15) is 13.2 Å². The van der Waals surface area contributed by atoms with E-state index in [1.54, 1.807) is 0 Å². The number of rotatable bonds is 10. The van der Waals surface area contributed by atoms with E-state index in [0.717, 1.165) is 11.0 Å². The van der Waals surface area contributed by atoms with E-state index in [9.17, 15) is 32.3 Å². The van der Waals surface area contributed by atoms with Crippen molar-refractivity contribution in [2.45, 2.75) is 51.4 Å². The molecule has 0 bridgehead atoms. The third-order valence-corrected chi connectivity index (χ3v) is 6.70. The molecule has 2 aromatic carbocycles. The smallest absolute Gasteiger partial charge is 0.417 e. The first kappa shape index (κ1) is 28.7. The Labute approximate surface area is 226 Å². The van der Waals surface area contributed by atoms with E-state index in [4.69, 9.17) is 20.8 Å². The fourth-order valence-electron chi connectivity index (χ4n) is 4.63. The maximum Gasteiger partial charge on any atom is 0.417 e. The van der Waals surface area contributed by atoms with Crippen LogP contribution in [0.1, 0.15) is 43.7 Å². The number of nitrogens with zero attached hydrogens (tertiary/aromatic N) is 2. The molecule has 39 heavy (non-hydrogen) atoms. The molecule has 2 heterocycles. The van der Waals surface area contributed by atoms with Crippen LogP contribution in [-0.2, 0) is 12.6 Å². The molecule has 1 aliphatic rings. The number of halogens is 5. The highest BCUT2D eigenvalue weighted by molar-refractivity contribution is 6.30.